The maximum atomic E-state index is 11.7. The number of hydrogen-bond acceptors (Lipinski definition) is 3. The number of thioether (sulfide) groups is 1. The molecule has 0 saturated heterocycles. The van der Waals surface area contributed by atoms with Gasteiger partial charge in [0, 0.05) is 0 Å². The molecule has 1 heterocycles. The molecule has 3 nitrogen and oxygen atoms in total. The quantitative estimate of drug-likeness (QED) is 0.845. The Morgan fingerprint density at radius 3 is 2.87 bits per heavy atom. The van der Waals surface area contributed by atoms with Crippen molar-refractivity contribution in [3.63, 3.8) is 0 Å². The molecule has 1 N–H and O–H groups in total. The summed E-state index contributed by atoms with van der Waals surface area (Å²) in [6.45, 7) is 2.03. The second-order valence-electron chi connectivity index (χ2n) is 3.35. The van der Waals surface area contributed by atoms with Gasteiger partial charge in [-0.15, -0.1) is 0 Å². The first-order valence-electron chi connectivity index (χ1n) is 4.74. The molecular formula is C11H12N2OS. The lowest BCUT2D eigenvalue weighted by molar-refractivity contribution is 0.925. The normalized spacial score (nSPS) is 12.9. The Bertz CT molecular complexity index is 535. The van der Waals surface area contributed by atoms with Gasteiger partial charge in [-0.1, -0.05) is 12.1 Å². The van der Waals surface area contributed by atoms with Crippen LogP contribution in [0.25, 0.3) is 10.9 Å². The number of aromatic nitrogens is 2. The average Bonchev–Trinajstić information content (AvgIpc) is 2.28. The molecule has 0 bridgehead atoms. The van der Waals surface area contributed by atoms with Crippen molar-refractivity contribution in [3.05, 3.63) is 40.4 Å². The Morgan fingerprint density at radius 2 is 2.13 bits per heavy atom. The number of H-pyrrole nitrogens is 1. The first-order valence-corrected chi connectivity index (χ1v) is 6.03. The van der Waals surface area contributed by atoms with E-state index in [4.69, 9.17) is 0 Å². The maximum Gasteiger partial charge on any atom is 0.258 e. The summed E-state index contributed by atoms with van der Waals surface area (Å²) in [4.78, 5) is 19.0. The molecule has 0 radical (unpaired) electrons. The third-order valence-electron chi connectivity index (χ3n) is 2.37. The van der Waals surface area contributed by atoms with Crippen LogP contribution in [-0.4, -0.2) is 16.2 Å². The summed E-state index contributed by atoms with van der Waals surface area (Å²) in [6.07, 6.45) is 2.00. The fraction of sp³-hybridized carbons (Fsp3) is 0.273. The number of rotatable bonds is 2. The van der Waals surface area contributed by atoms with E-state index >= 15 is 0 Å². The van der Waals surface area contributed by atoms with Gasteiger partial charge in [-0.3, -0.25) is 4.79 Å². The minimum absolute atomic E-state index is 0.0588. The zero-order valence-electron chi connectivity index (χ0n) is 8.65. The van der Waals surface area contributed by atoms with E-state index in [1.807, 2.05) is 31.4 Å². The Kier molecular flexibility index (Phi) is 2.77. The van der Waals surface area contributed by atoms with Gasteiger partial charge in [-0.2, -0.15) is 11.8 Å². The first-order chi connectivity index (χ1) is 7.22. The van der Waals surface area contributed by atoms with Gasteiger partial charge in [-0.05, 0) is 25.3 Å². The minimum Gasteiger partial charge on any atom is -0.309 e. The molecule has 0 spiro atoms. The molecule has 0 aliphatic rings. The zero-order valence-corrected chi connectivity index (χ0v) is 9.47. The standard InChI is InChI=1S/C11H12N2OS/c1-7(15-2)10-12-9-6-4-3-5-8(9)11(14)13-10/h3-7H,1-2H3,(H,12,13,14). The molecule has 0 saturated carbocycles. The van der Waals surface area contributed by atoms with Crippen molar-refractivity contribution >= 4 is 22.7 Å². The van der Waals surface area contributed by atoms with E-state index in [0.29, 0.717) is 5.39 Å². The summed E-state index contributed by atoms with van der Waals surface area (Å²) in [6, 6.07) is 7.38. The number of nitrogens with one attached hydrogen (secondary N) is 1. The van der Waals surface area contributed by atoms with Crippen molar-refractivity contribution in [2.45, 2.75) is 12.2 Å². The van der Waals surface area contributed by atoms with Gasteiger partial charge in [-0.25, -0.2) is 4.98 Å². The number of benzene rings is 1. The predicted octanol–water partition coefficient (Wildman–Crippen LogP) is 2.35. The fourth-order valence-corrected chi connectivity index (χ4v) is 1.74. The molecule has 1 aromatic carbocycles. The van der Waals surface area contributed by atoms with Crippen molar-refractivity contribution < 1.29 is 0 Å². The van der Waals surface area contributed by atoms with Crippen molar-refractivity contribution in [1.82, 2.24) is 9.97 Å². The van der Waals surface area contributed by atoms with Crippen LogP contribution >= 0.6 is 11.8 Å². The SMILES string of the molecule is CSC(C)c1nc2ccccc2c(=O)[nH]1. The van der Waals surface area contributed by atoms with Crippen LogP contribution in [0, 0.1) is 0 Å². The summed E-state index contributed by atoms with van der Waals surface area (Å²) in [5, 5.41) is 0.858. The average molecular weight is 220 g/mol. The van der Waals surface area contributed by atoms with Gasteiger partial charge in [0.25, 0.3) is 5.56 Å². The van der Waals surface area contributed by atoms with Crippen LogP contribution in [0.15, 0.2) is 29.1 Å². The van der Waals surface area contributed by atoms with E-state index in [-0.39, 0.29) is 10.8 Å². The first kappa shape index (κ1) is 10.2. The van der Waals surface area contributed by atoms with Crippen LogP contribution in [0.3, 0.4) is 0 Å². The largest absolute Gasteiger partial charge is 0.309 e. The third-order valence-corrected chi connectivity index (χ3v) is 3.30. The van der Waals surface area contributed by atoms with Crippen LogP contribution < -0.4 is 5.56 Å². The Hall–Kier alpha value is -1.29. The van der Waals surface area contributed by atoms with Crippen molar-refractivity contribution in [2.75, 3.05) is 6.26 Å². The lowest BCUT2D eigenvalue weighted by atomic mass is 10.2. The highest BCUT2D eigenvalue weighted by atomic mass is 32.2. The van der Waals surface area contributed by atoms with E-state index in [2.05, 4.69) is 9.97 Å². The van der Waals surface area contributed by atoms with Crippen molar-refractivity contribution in [3.8, 4) is 0 Å². The molecule has 1 atom stereocenters. The van der Waals surface area contributed by atoms with E-state index in [1.165, 1.54) is 0 Å². The predicted molar refractivity (Wildman–Crippen MR) is 64.3 cm³/mol. The molecule has 0 fully saturated rings. The van der Waals surface area contributed by atoms with Crippen LogP contribution in [0.1, 0.15) is 18.0 Å². The number of aromatic amines is 1. The number of fused-ring (bicyclic) bond motifs is 1. The van der Waals surface area contributed by atoms with Crippen LogP contribution in [0.2, 0.25) is 0 Å². The summed E-state index contributed by atoms with van der Waals surface area (Å²) < 4.78 is 0. The lowest BCUT2D eigenvalue weighted by Crippen LogP contribution is -2.12. The minimum atomic E-state index is -0.0588. The second kappa shape index (κ2) is 4.06. The summed E-state index contributed by atoms with van der Waals surface area (Å²) in [7, 11) is 0. The van der Waals surface area contributed by atoms with Crippen molar-refractivity contribution in [1.29, 1.82) is 0 Å². The van der Waals surface area contributed by atoms with Crippen molar-refractivity contribution in [2.24, 2.45) is 0 Å². The summed E-state index contributed by atoms with van der Waals surface area (Å²) in [5.74, 6) is 0.742. The second-order valence-corrected chi connectivity index (χ2v) is 4.52. The molecule has 2 rings (SSSR count). The molecule has 1 unspecified atom stereocenters. The van der Waals surface area contributed by atoms with Gasteiger partial charge < -0.3 is 4.98 Å². The summed E-state index contributed by atoms with van der Waals surface area (Å²) >= 11 is 1.66. The number of nitrogens with zero attached hydrogens (tertiary/aromatic N) is 1. The molecule has 2 aromatic rings. The van der Waals surface area contributed by atoms with E-state index in [0.717, 1.165) is 11.3 Å². The number of hydrogen-bond donors (Lipinski definition) is 1. The smallest absolute Gasteiger partial charge is 0.258 e. The van der Waals surface area contributed by atoms with Gasteiger partial charge in [0.15, 0.2) is 0 Å². The van der Waals surface area contributed by atoms with Gasteiger partial charge >= 0.3 is 0 Å². The highest BCUT2D eigenvalue weighted by Gasteiger charge is 2.08. The molecule has 78 valence electrons. The van der Waals surface area contributed by atoms with E-state index < -0.39 is 0 Å². The van der Waals surface area contributed by atoms with Crippen LogP contribution in [0.5, 0.6) is 0 Å². The monoisotopic (exact) mass is 220 g/mol. The summed E-state index contributed by atoms with van der Waals surface area (Å²) in [5.41, 5.74) is 0.702. The Balaban J connectivity index is 2.67. The van der Waals surface area contributed by atoms with Crippen LogP contribution in [-0.2, 0) is 0 Å². The zero-order chi connectivity index (χ0) is 10.8. The Labute approximate surface area is 91.9 Å². The molecule has 0 aliphatic carbocycles. The number of para-hydroxylation sites is 1. The lowest BCUT2D eigenvalue weighted by Gasteiger charge is -2.07. The molecular weight excluding hydrogens is 208 g/mol. The maximum absolute atomic E-state index is 11.7. The van der Waals surface area contributed by atoms with E-state index in [1.54, 1.807) is 17.8 Å². The fourth-order valence-electron chi connectivity index (χ4n) is 1.41. The molecule has 15 heavy (non-hydrogen) atoms. The van der Waals surface area contributed by atoms with Gasteiger partial charge in [0.1, 0.15) is 5.82 Å². The van der Waals surface area contributed by atoms with Crippen LogP contribution in [0.4, 0.5) is 0 Å². The highest BCUT2D eigenvalue weighted by Crippen LogP contribution is 2.22. The van der Waals surface area contributed by atoms with Gasteiger partial charge in [0.2, 0.25) is 0 Å². The molecule has 4 heteroatoms. The van der Waals surface area contributed by atoms with Gasteiger partial charge in [0.05, 0.1) is 16.2 Å². The Morgan fingerprint density at radius 1 is 1.40 bits per heavy atom. The van der Waals surface area contributed by atoms with E-state index in [9.17, 15) is 4.79 Å². The highest BCUT2D eigenvalue weighted by molar-refractivity contribution is 7.98. The molecule has 0 aliphatic heterocycles. The molecule has 1 aromatic heterocycles. The molecule has 0 amide bonds. The third kappa shape index (κ3) is 1.90. The topological polar surface area (TPSA) is 45.8 Å².